The van der Waals surface area contributed by atoms with Gasteiger partial charge in [-0.1, -0.05) is 6.58 Å². The SMILES string of the molecule is C=C1CCC(n2c(C)nc3cscc3c2=O)C(=O)N1. The van der Waals surface area contributed by atoms with Crippen molar-refractivity contribution in [2.24, 2.45) is 0 Å². The first kappa shape index (κ1) is 12.1. The Balaban J connectivity index is 2.17. The average Bonchev–Trinajstić information content (AvgIpc) is 2.80. The Morgan fingerprint density at radius 3 is 3.00 bits per heavy atom. The number of hydrogen-bond donors (Lipinski definition) is 1. The number of aromatic nitrogens is 2. The van der Waals surface area contributed by atoms with Crippen LogP contribution in [0.3, 0.4) is 0 Å². The Labute approximate surface area is 113 Å². The number of hydrogen-bond acceptors (Lipinski definition) is 4. The van der Waals surface area contributed by atoms with Crippen LogP contribution in [0.25, 0.3) is 10.9 Å². The lowest BCUT2D eigenvalue weighted by Gasteiger charge is -2.26. The second-order valence-corrected chi connectivity index (χ2v) is 5.40. The molecule has 6 heteroatoms. The average molecular weight is 275 g/mol. The second kappa shape index (κ2) is 4.31. The van der Waals surface area contributed by atoms with Crippen molar-refractivity contribution in [2.75, 3.05) is 0 Å². The van der Waals surface area contributed by atoms with Crippen LogP contribution in [0.4, 0.5) is 0 Å². The van der Waals surface area contributed by atoms with Crippen LogP contribution in [-0.4, -0.2) is 15.5 Å². The third kappa shape index (κ3) is 1.88. The van der Waals surface area contributed by atoms with Gasteiger partial charge in [0.1, 0.15) is 11.9 Å². The van der Waals surface area contributed by atoms with E-state index in [4.69, 9.17) is 0 Å². The van der Waals surface area contributed by atoms with E-state index in [0.717, 1.165) is 0 Å². The van der Waals surface area contributed by atoms with Gasteiger partial charge in [-0.25, -0.2) is 4.98 Å². The summed E-state index contributed by atoms with van der Waals surface area (Å²) in [6.07, 6.45) is 1.27. The third-order valence-corrected chi connectivity index (χ3v) is 4.09. The summed E-state index contributed by atoms with van der Waals surface area (Å²) in [5.41, 5.74) is 1.26. The topological polar surface area (TPSA) is 64.0 Å². The zero-order chi connectivity index (χ0) is 13.6. The molecule has 1 unspecified atom stereocenters. The van der Waals surface area contributed by atoms with Gasteiger partial charge in [-0.05, 0) is 19.8 Å². The van der Waals surface area contributed by atoms with Gasteiger partial charge in [0.15, 0.2) is 0 Å². The van der Waals surface area contributed by atoms with E-state index in [1.54, 1.807) is 12.3 Å². The Morgan fingerprint density at radius 2 is 2.26 bits per heavy atom. The van der Waals surface area contributed by atoms with Crippen molar-refractivity contribution >= 4 is 28.1 Å². The molecule has 5 nitrogen and oxygen atoms in total. The molecule has 1 aliphatic rings. The van der Waals surface area contributed by atoms with E-state index in [1.165, 1.54) is 15.9 Å². The molecule has 1 N–H and O–H groups in total. The number of nitrogens with zero attached hydrogens (tertiary/aromatic N) is 2. The van der Waals surface area contributed by atoms with Crippen LogP contribution < -0.4 is 10.9 Å². The highest BCUT2D eigenvalue weighted by molar-refractivity contribution is 7.09. The summed E-state index contributed by atoms with van der Waals surface area (Å²) in [5.74, 6) is 0.390. The van der Waals surface area contributed by atoms with Gasteiger partial charge < -0.3 is 5.32 Å². The van der Waals surface area contributed by atoms with Crippen molar-refractivity contribution in [3.8, 4) is 0 Å². The lowest BCUT2D eigenvalue weighted by Crippen LogP contribution is -2.41. The van der Waals surface area contributed by atoms with Gasteiger partial charge in [0.2, 0.25) is 5.91 Å². The van der Waals surface area contributed by atoms with E-state index in [1.807, 2.05) is 5.38 Å². The number of fused-ring (bicyclic) bond motifs is 1. The molecule has 2 aromatic rings. The highest BCUT2D eigenvalue weighted by Gasteiger charge is 2.28. The van der Waals surface area contributed by atoms with Crippen LogP contribution in [-0.2, 0) is 4.79 Å². The Kier molecular flexibility index (Phi) is 2.74. The van der Waals surface area contributed by atoms with E-state index < -0.39 is 6.04 Å². The summed E-state index contributed by atoms with van der Waals surface area (Å²) in [5, 5.41) is 6.90. The van der Waals surface area contributed by atoms with Crippen LogP contribution in [0, 0.1) is 6.92 Å². The first-order valence-corrected chi connectivity index (χ1v) is 6.96. The fraction of sp³-hybridized carbons (Fsp3) is 0.308. The molecular formula is C13H13N3O2S. The van der Waals surface area contributed by atoms with E-state index in [9.17, 15) is 9.59 Å². The molecule has 3 heterocycles. The molecule has 0 saturated carbocycles. The maximum Gasteiger partial charge on any atom is 0.262 e. The predicted molar refractivity (Wildman–Crippen MR) is 74.2 cm³/mol. The molecule has 19 heavy (non-hydrogen) atoms. The smallest absolute Gasteiger partial charge is 0.262 e. The van der Waals surface area contributed by atoms with Crippen LogP contribution in [0.5, 0.6) is 0 Å². The van der Waals surface area contributed by atoms with Gasteiger partial charge in [-0.15, -0.1) is 11.3 Å². The van der Waals surface area contributed by atoms with Gasteiger partial charge >= 0.3 is 0 Å². The molecule has 1 amide bonds. The third-order valence-electron chi connectivity index (χ3n) is 3.36. The van der Waals surface area contributed by atoms with Crippen LogP contribution >= 0.6 is 11.3 Å². The van der Waals surface area contributed by atoms with E-state index in [0.29, 0.717) is 35.3 Å². The minimum absolute atomic E-state index is 0.142. The number of carbonyl (C=O) groups excluding carboxylic acids is 1. The summed E-state index contributed by atoms with van der Waals surface area (Å²) in [4.78, 5) is 28.9. The molecule has 3 rings (SSSR count). The zero-order valence-corrected chi connectivity index (χ0v) is 11.3. The van der Waals surface area contributed by atoms with Crippen molar-refractivity contribution < 1.29 is 4.79 Å². The number of allylic oxidation sites excluding steroid dienone is 1. The molecule has 1 fully saturated rings. The van der Waals surface area contributed by atoms with Gasteiger partial charge in [-0.3, -0.25) is 14.2 Å². The molecule has 0 aromatic carbocycles. The molecule has 2 aromatic heterocycles. The Morgan fingerprint density at radius 1 is 1.47 bits per heavy atom. The molecule has 98 valence electrons. The standard InChI is InChI=1S/C13H13N3O2S/c1-7-3-4-11(12(17)14-7)16-8(2)15-10-6-19-5-9(10)13(16)18/h5-6,11H,1,3-4H2,2H3,(H,14,17). The lowest BCUT2D eigenvalue weighted by atomic mass is 10.0. The zero-order valence-electron chi connectivity index (χ0n) is 10.5. The first-order valence-electron chi connectivity index (χ1n) is 6.01. The summed E-state index contributed by atoms with van der Waals surface area (Å²) in [7, 11) is 0. The fourth-order valence-electron chi connectivity index (χ4n) is 2.42. The highest BCUT2D eigenvalue weighted by Crippen LogP contribution is 2.23. The summed E-state index contributed by atoms with van der Waals surface area (Å²) < 4.78 is 1.50. The first-order chi connectivity index (χ1) is 9.08. The Hall–Kier alpha value is -1.95. The monoisotopic (exact) mass is 275 g/mol. The number of amides is 1. The number of nitrogens with one attached hydrogen (secondary N) is 1. The minimum Gasteiger partial charge on any atom is -0.329 e. The molecule has 0 bridgehead atoms. The fourth-order valence-corrected chi connectivity index (χ4v) is 3.15. The molecule has 1 aliphatic heterocycles. The predicted octanol–water partition coefficient (Wildman–Crippen LogP) is 1.73. The minimum atomic E-state index is -0.491. The van der Waals surface area contributed by atoms with Gasteiger partial charge in [-0.2, -0.15) is 0 Å². The molecule has 0 aliphatic carbocycles. The normalized spacial score (nSPS) is 19.7. The van der Waals surface area contributed by atoms with E-state index in [-0.39, 0.29) is 11.5 Å². The van der Waals surface area contributed by atoms with Crippen molar-refractivity contribution in [2.45, 2.75) is 25.8 Å². The maximum absolute atomic E-state index is 12.5. The second-order valence-electron chi connectivity index (χ2n) is 4.65. The van der Waals surface area contributed by atoms with Crippen LogP contribution in [0.1, 0.15) is 24.7 Å². The maximum atomic E-state index is 12.5. The van der Waals surface area contributed by atoms with Crippen molar-refractivity contribution in [1.82, 2.24) is 14.9 Å². The van der Waals surface area contributed by atoms with Crippen LogP contribution in [0.15, 0.2) is 27.8 Å². The molecule has 1 atom stereocenters. The van der Waals surface area contributed by atoms with Gasteiger partial charge in [0, 0.05) is 16.5 Å². The molecular weight excluding hydrogens is 262 g/mol. The number of thiophene rings is 1. The van der Waals surface area contributed by atoms with E-state index >= 15 is 0 Å². The summed E-state index contributed by atoms with van der Waals surface area (Å²) >= 11 is 1.44. The number of piperidine rings is 1. The van der Waals surface area contributed by atoms with Crippen molar-refractivity contribution in [1.29, 1.82) is 0 Å². The number of rotatable bonds is 1. The van der Waals surface area contributed by atoms with E-state index in [2.05, 4.69) is 16.9 Å². The molecule has 0 radical (unpaired) electrons. The van der Waals surface area contributed by atoms with Gasteiger partial charge in [0.25, 0.3) is 5.56 Å². The highest BCUT2D eigenvalue weighted by atomic mass is 32.1. The number of aryl methyl sites for hydroxylation is 1. The molecule has 0 spiro atoms. The summed E-state index contributed by atoms with van der Waals surface area (Å²) in [6, 6.07) is -0.491. The molecule has 1 saturated heterocycles. The number of carbonyl (C=O) groups is 1. The largest absolute Gasteiger partial charge is 0.329 e. The van der Waals surface area contributed by atoms with Crippen molar-refractivity contribution in [3.05, 3.63) is 39.2 Å². The summed E-state index contributed by atoms with van der Waals surface area (Å²) in [6.45, 7) is 5.51. The van der Waals surface area contributed by atoms with Crippen LogP contribution in [0.2, 0.25) is 0 Å². The Bertz CT molecular complexity index is 744. The van der Waals surface area contributed by atoms with Gasteiger partial charge in [0.05, 0.1) is 10.9 Å². The quantitative estimate of drug-likeness (QED) is 0.862. The van der Waals surface area contributed by atoms with Crippen molar-refractivity contribution in [3.63, 3.8) is 0 Å². The lowest BCUT2D eigenvalue weighted by molar-refractivity contribution is -0.124.